The first-order valence-corrected chi connectivity index (χ1v) is 9.83. The van der Waals surface area contributed by atoms with Crippen LogP contribution in [-0.4, -0.2) is 26.0 Å². The molecular formula is C22H23ClN4O. The molecule has 0 aliphatic rings. The number of benzene rings is 1. The Hall–Kier alpha value is -2.63. The van der Waals surface area contributed by atoms with Crippen LogP contribution < -0.4 is 0 Å². The maximum Gasteiger partial charge on any atom is 0.118 e. The van der Waals surface area contributed by atoms with Gasteiger partial charge in [0.15, 0.2) is 0 Å². The van der Waals surface area contributed by atoms with Gasteiger partial charge in [-0.15, -0.1) is 0 Å². The Morgan fingerprint density at radius 3 is 2.82 bits per heavy atom. The Morgan fingerprint density at radius 1 is 1.11 bits per heavy atom. The molecule has 3 aromatic heterocycles. The highest BCUT2D eigenvalue weighted by atomic mass is 35.5. The van der Waals surface area contributed by atoms with Crippen molar-refractivity contribution in [1.82, 2.24) is 19.4 Å². The first-order valence-electron chi connectivity index (χ1n) is 9.45. The van der Waals surface area contributed by atoms with E-state index in [1.165, 1.54) is 0 Å². The van der Waals surface area contributed by atoms with Crippen LogP contribution in [0.15, 0.2) is 65.6 Å². The molecule has 0 amide bonds. The summed E-state index contributed by atoms with van der Waals surface area (Å²) < 4.78 is 7.90. The average Bonchev–Trinajstić information content (AvgIpc) is 3.34. The molecule has 3 heterocycles. The number of aromatic nitrogens is 3. The van der Waals surface area contributed by atoms with E-state index in [4.69, 9.17) is 21.0 Å². The highest BCUT2D eigenvalue weighted by Gasteiger charge is 2.12. The molecule has 0 aliphatic carbocycles. The summed E-state index contributed by atoms with van der Waals surface area (Å²) in [7, 11) is 0. The van der Waals surface area contributed by atoms with Crippen LogP contribution in [0.4, 0.5) is 0 Å². The van der Waals surface area contributed by atoms with Crippen LogP contribution in [0.1, 0.15) is 23.6 Å². The highest BCUT2D eigenvalue weighted by Crippen LogP contribution is 2.22. The molecule has 0 bridgehead atoms. The number of halogens is 1. The van der Waals surface area contributed by atoms with Gasteiger partial charge < -0.3 is 8.98 Å². The monoisotopic (exact) mass is 394 g/mol. The highest BCUT2D eigenvalue weighted by molar-refractivity contribution is 6.35. The number of pyridine rings is 1. The lowest BCUT2D eigenvalue weighted by Crippen LogP contribution is -2.25. The standard InChI is InChI=1S/C22H23ClN4O/c1-17-6-9-20(28-17)15-27(12-3-11-26-13-10-24-16-26)14-19-8-7-18-4-2-5-21(23)22(18)25-19/h2,4-10,13,16H,3,11-12,14-15H2,1H3. The van der Waals surface area contributed by atoms with Gasteiger partial charge >= 0.3 is 0 Å². The van der Waals surface area contributed by atoms with Gasteiger partial charge in [0.25, 0.3) is 0 Å². The van der Waals surface area contributed by atoms with Crippen LogP contribution in [0, 0.1) is 6.92 Å². The SMILES string of the molecule is Cc1ccc(CN(CCCn2ccnc2)Cc2ccc3cccc(Cl)c3n2)o1. The van der Waals surface area contributed by atoms with Crippen LogP contribution in [-0.2, 0) is 19.6 Å². The molecule has 1 aromatic carbocycles. The smallest absolute Gasteiger partial charge is 0.118 e. The Bertz CT molecular complexity index is 1040. The van der Waals surface area contributed by atoms with E-state index in [9.17, 15) is 0 Å². The van der Waals surface area contributed by atoms with Crippen LogP contribution in [0.2, 0.25) is 5.02 Å². The summed E-state index contributed by atoms with van der Waals surface area (Å²) >= 11 is 6.34. The summed E-state index contributed by atoms with van der Waals surface area (Å²) in [5, 5.41) is 1.75. The zero-order valence-electron chi connectivity index (χ0n) is 15.9. The molecule has 144 valence electrons. The number of rotatable bonds is 8. The fraction of sp³-hybridized carbons (Fsp3) is 0.273. The molecule has 0 N–H and O–H groups in total. The summed E-state index contributed by atoms with van der Waals surface area (Å²) in [5.41, 5.74) is 1.86. The topological polar surface area (TPSA) is 47.1 Å². The Balaban J connectivity index is 1.49. The number of nitrogens with zero attached hydrogens (tertiary/aromatic N) is 4. The van der Waals surface area contributed by atoms with Crippen molar-refractivity contribution in [2.75, 3.05) is 6.54 Å². The lowest BCUT2D eigenvalue weighted by molar-refractivity contribution is 0.225. The largest absolute Gasteiger partial charge is 0.465 e. The fourth-order valence-corrected chi connectivity index (χ4v) is 3.59. The van der Waals surface area contributed by atoms with E-state index < -0.39 is 0 Å². The molecule has 0 atom stereocenters. The molecule has 4 aromatic rings. The van der Waals surface area contributed by atoms with Gasteiger partial charge in [-0.2, -0.15) is 0 Å². The normalized spacial score (nSPS) is 11.5. The van der Waals surface area contributed by atoms with E-state index in [0.29, 0.717) is 5.02 Å². The Labute approximate surface area is 169 Å². The fourth-order valence-electron chi connectivity index (χ4n) is 3.37. The number of furan rings is 1. The van der Waals surface area contributed by atoms with Crippen molar-refractivity contribution in [2.45, 2.75) is 33.0 Å². The van der Waals surface area contributed by atoms with Crippen molar-refractivity contribution in [3.63, 3.8) is 0 Å². The van der Waals surface area contributed by atoms with Crippen LogP contribution in [0.5, 0.6) is 0 Å². The predicted molar refractivity (Wildman–Crippen MR) is 111 cm³/mol. The maximum atomic E-state index is 6.34. The van der Waals surface area contributed by atoms with Gasteiger partial charge in [0.2, 0.25) is 0 Å². The van der Waals surface area contributed by atoms with Gasteiger partial charge in [-0.25, -0.2) is 9.97 Å². The summed E-state index contributed by atoms with van der Waals surface area (Å²) in [6, 6.07) is 14.1. The number of fused-ring (bicyclic) bond motifs is 1. The van der Waals surface area contributed by atoms with Gasteiger partial charge in [0.05, 0.1) is 29.1 Å². The molecule has 0 saturated carbocycles. The molecule has 0 saturated heterocycles. The third kappa shape index (κ3) is 4.61. The third-order valence-corrected chi connectivity index (χ3v) is 5.04. The number of hydrogen-bond donors (Lipinski definition) is 0. The summed E-state index contributed by atoms with van der Waals surface area (Å²) in [6.07, 6.45) is 6.68. The van der Waals surface area contributed by atoms with E-state index in [1.54, 1.807) is 0 Å². The molecule has 0 radical (unpaired) electrons. The summed E-state index contributed by atoms with van der Waals surface area (Å²) in [6.45, 7) is 5.33. The first kappa shape index (κ1) is 18.7. The molecular weight excluding hydrogens is 372 g/mol. The quantitative estimate of drug-likeness (QED) is 0.418. The second-order valence-corrected chi connectivity index (χ2v) is 7.40. The zero-order chi connectivity index (χ0) is 19.3. The second kappa shape index (κ2) is 8.59. The molecule has 0 spiro atoms. The van der Waals surface area contributed by atoms with E-state index in [1.807, 2.05) is 56.0 Å². The minimum absolute atomic E-state index is 0.688. The van der Waals surface area contributed by atoms with Gasteiger partial charge in [-0.1, -0.05) is 29.8 Å². The third-order valence-electron chi connectivity index (χ3n) is 4.74. The predicted octanol–water partition coefficient (Wildman–Crippen LogP) is 5.08. The molecule has 5 nitrogen and oxygen atoms in total. The van der Waals surface area contributed by atoms with Gasteiger partial charge in [-0.3, -0.25) is 4.90 Å². The summed E-state index contributed by atoms with van der Waals surface area (Å²) in [5.74, 6) is 1.91. The van der Waals surface area contributed by atoms with Crippen molar-refractivity contribution in [2.24, 2.45) is 0 Å². The molecule has 0 fully saturated rings. The molecule has 6 heteroatoms. The second-order valence-electron chi connectivity index (χ2n) is 6.99. The molecule has 4 rings (SSSR count). The lowest BCUT2D eigenvalue weighted by Gasteiger charge is -2.21. The minimum Gasteiger partial charge on any atom is -0.465 e. The van der Waals surface area contributed by atoms with Crippen molar-refractivity contribution >= 4 is 22.5 Å². The molecule has 0 unspecified atom stereocenters. The molecule has 0 aliphatic heterocycles. The Kier molecular flexibility index (Phi) is 5.74. The van der Waals surface area contributed by atoms with E-state index in [0.717, 1.165) is 60.7 Å². The van der Waals surface area contributed by atoms with Crippen molar-refractivity contribution in [1.29, 1.82) is 0 Å². The van der Waals surface area contributed by atoms with Crippen molar-refractivity contribution in [3.8, 4) is 0 Å². The summed E-state index contributed by atoms with van der Waals surface area (Å²) in [4.78, 5) is 11.3. The van der Waals surface area contributed by atoms with Crippen LogP contribution in [0.3, 0.4) is 0 Å². The maximum absolute atomic E-state index is 6.34. The van der Waals surface area contributed by atoms with Crippen molar-refractivity contribution in [3.05, 3.63) is 83.4 Å². The van der Waals surface area contributed by atoms with E-state index >= 15 is 0 Å². The zero-order valence-corrected chi connectivity index (χ0v) is 16.6. The molecule has 28 heavy (non-hydrogen) atoms. The van der Waals surface area contributed by atoms with Gasteiger partial charge in [-0.05, 0) is 37.6 Å². The van der Waals surface area contributed by atoms with Crippen molar-refractivity contribution < 1.29 is 4.42 Å². The number of imidazole rings is 1. The number of para-hydroxylation sites is 1. The van der Waals surface area contributed by atoms with Gasteiger partial charge in [0.1, 0.15) is 11.5 Å². The van der Waals surface area contributed by atoms with Crippen LogP contribution in [0.25, 0.3) is 10.9 Å². The minimum atomic E-state index is 0.688. The first-order chi connectivity index (χ1) is 13.7. The van der Waals surface area contributed by atoms with E-state index in [2.05, 4.69) is 26.6 Å². The average molecular weight is 395 g/mol. The Morgan fingerprint density at radius 2 is 2.04 bits per heavy atom. The number of hydrogen-bond acceptors (Lipinski definition) is 4. The van der Waals surface area contributed by atoms with Gasteiger partial charge in [0, 0.05) is 37.4 Å². The lowest BCUT2D eigenvalue weighted by atomic mass is 10.2. The van der Waals surface area contributed by atoms with E-state index in [-0.39, 0.29) is 0 Å². The van der Waals surface area contributed by atoms with Crippen LogP contribution >= 0.6 is 11.6 Å². The number of aryl methyl sites for hydroxylation is 2.